The van der Waals surface area contributed by atoms with Gasteiger partial charge >= 0.3 is 6.03 Å². The van der Waals surface area contributed by atoms with Crippen LogP contribution in [0.25, 0.3) is 0 Å². The zero-order chi connectivity index (χ0) is 19.3. The van der Waals surface area contributed by atoms with Crippen LogP contribution in [0.5, 0.6) is 0 Å². The maximum absolute atomic E-state index is 13.0. The predicted octanol–water partition coefficient (Wildman–Crippen LogP) is -0.377. The number of nitrogens with zero attached hydrogens (tertiary/aromatic N) is 3. The van der Waals surface area contributed by atoms with Crippen LogP contribution in [0.4, 0.5) is 4.79 Å². The monoisotopic (exact) mass is 366 g/mol. The van der Waals surface area contributed by atoms with E-state index in [1.807, 2.05) is 13.2 Å². The zero-order valence-electron chi connectivity index (χ0n) is 15.1. The average molecular weight is 366 g/mol. The molecule has 10 nitrogen and oxygen atoms in total. The van der Waals surface area contributed by atoms with E-state index in [0.717, 1.165) is 0 Å². The Morgan fingerprint density at radius 2 is 2.12 bits per heavy atom. The summed E-state index contributed by atoms with van der Waals surface area (Å²) in [5, 5.41) is 11.5. The van der Waals surface area contributed by atoms with Crippen molar-refractivity contribution in [1.29, 1.82) is 0 Å². The number of nitrogens with one attached hydrogen (secondary N) is 2. The smallest absolute Gasteiger partial charge is 0.312 e. The predicted molar refractivity (Wildman–Crippen MR) is 92.0 cm³/mol. The molecular weight excluding hydrogens is 340 g/mol. The van der Waals surface area contributed by atoms with Gasteiger partial charge in [0.25, 0.3) is 5.91 Å². The van der Waals surface area contributed by atoms with Crippen molar-refractivity contribution >= 4 is 17.8 Å². The van der Waals surface area contributed by atoms with Crippen LogP contribution in [0.2, 0.25) is 0 Å². The van der Waals surface area contributed by atoms with Crippen LogP contribution < -0.4 is 16.5 Å². The third-order valence-electron chi connectivity index (χ3n) is 4.76. The Morgan fingerprint density at radius 3 is 2.62 bits per heavy atom. The number of nitrogens with two attached hydrogens (primary N) is 1. The van der Waals surface area contributed by atoms with E-state index in [1.165, 1.54) is 4.90 Å². The van der Waals surface area contributed by atoms with Crippen LogP contribution in [0, 0.1) is 0 Å². The molecule has 1 saturated carbocycles. The van der Waals surface area contributed by atoms with Crippen molar-refractivity contribution in [3.05, 3.63) is 18.2 Å². The molecule has 0 unspecified atom stereocenters. The molecule has 10 heteroatoms. The van der Waals surface area contributed by atoms with Crippen molar-refractivity contribution in [2.24, 2.45) is 12.8 Å². The maximum Gasteiger partial charge on any atom is 0.312 e. The van der Waals surface area contributed by atoms with Crippen LogP contribution >= 0.6 is 0 Å². The maximum atomic E-state index is 13.0. The van der Waals surface area contributed by atoms with Crippen LogP contribution in [-0.2, 0) is 22.1 Å². The number of hydrogen-bond acceptors (Lipinski definition) is 5. The Balaban J connectivity index is 2.01. The molecule has 2 rings (SSSR count). The highest BCUT2D eigenvalue weighted by Gasteiger charge is 2.55. The molecule has 1 heterocycles. The Labute approximate surface area is 151 Å². The molecule has 0 aliphatic heterocycles. The highest BCUT2D eigenvalue weighted by atomic mass is 16.5. The average Bonchev–Trinajstić information content (AvgIpc) is 3.31. The number of aryl methyl sites for hydroxylation is 1. The summed E-state index contributed by atoms with van der Waals surface area (Å²) in [6.45, 7) is 0.387. The van der Waals surface area contributed by atoms with Gasteiger partial charge in [-0.3, -0.25) is 14.8 Å². The van der Waals surface area contributed by atoms with Gasteiger partial charge in [0.1, 0.15) is 6.04 Å². The van der Waals surface area contributed by atoms with Crippen LogP contribution in [0.3, 0.4) is 0 Å². The zero-order valence-corrected chi connectivity index (χ0v) is 15.1. The molecule has 5 N–H and O–H groups in total. The Kier molecular flexibility index (Phi) is 6.19. The van der Waals surface area contributed by atoms with Gasteiger partial charge in [-0.25, -0.2) is 15.3 Å². The van der Waals surface area contributed by atoms with E-state index in [1.54, 1.807) is 23.4 Å². The fraction of sp³-hybridized carbons (Fsp3) is 0.625. The summed E-state index contributed by atoms with van der Waals surface area (Å²) in [6.07, 6.45) is 6.36. The number of likely N-dealkylation sites (N-methyl/N-ethyl adjacent to an activating group) is 1. The second-order valence-electron chi connectivity index (χ2n) is 6.70. The number of carbonyl (C=O) groups excluding carboxylic acids is 3. The van der Waals surface area contributed by atoms with E-state index in [0.29, 0.717) is 44.3 Å². The quantitative estimate of drug-likeness (QED) is 0.268. The van der Waals surface area contributed by atoms with Crippen molar-refractivity contribution in [2.75, 3.05) is 13.6 Å². The lowest BCUT2D eigenvalue weighted by Gasteiger charge is -2.29. The molecule has 1 aliphatic carbocycles. The summed E-state index contributed by atoms with van der Waals surface area (Å²) in [5.74, 6) is -0.819. The lowest BCUT2D eigenvalue weighted by Crippen LogP contribution is -2.50. The van der Waals surface area contributed by atoms with E-state index in [-0.39, 0.29) is 5.91 Å². The summed E-state index contributed by atoms with van der Waals surface area (Å²) < 4.78 is 1.78. The number of unbranched alkanes of at least 4 members (excludes halogenated alkanes) is 1. The number of rotatable bonds is 9. The normalized spacial score (nSPS) is 15.8. The topological polar surface area (TPSA) is 143 Å². The van der Waals surface area contributed by atoms with Gasteiger partial charge in [0.2, 0.25) is 5.91 Å². The SMILES string of the molecule is CN(C(=O)C1(c2cn(C)cn2)CC1)[C@H](CCCCNC(N)=O)C(=O)NO. The molecule has 1 aromatic heterocycles. The highest BCUT2D eigenvalue weighted by molar-refractivity contribution is 5.94. The van der Waals surface area contributed by atoms with Crippen LogP contribution in [0.1, 0.15) is 37.8 Å². The van der Waals surface area contributed by atoms with E-state index in [4.69, 9.17) is 10.9 Å². The molecule has 0 spiro atoms. The fourth-order valence-corrected chi connectivity index (χ4v) is 3.09. The van der Waals surface area contributed by atoms with Gasteiger partial charge < -0.3 is 20.5 Å². The lowest BCUT2D eigenvalue weighted by atomic mass is 9.99. The van der Waals surface area contributed by atoms with E-state index in [9.17, 15) is 14.4 Å². The minimum atomic E-state index is -0.803. The van der Waals surface area contributed by atoms with E-state index in [2.05, 4.69) is 10.3 Å². The molecule has 0 radical (unpaired) electrons. The number of amides is 4. The molecule has 144 valence electrons. The van der Waals surface area contributed by atoms with Gasteiger partial charge in [-0.15, -0.1) is 0 Å². The van der Waals surface area contributed by atoms with E-state index >= 15 is 0 Å². The number of primary amides is 1. The molecule has 4 amide bonds. The van der Waals surface area contributed by atoms with Gasteiger partial charge in [-0.1, -0.05) is 0 Å². The fourth-order valence-electron chi connectivity index (χ4n) is 3.09. The van der Waals surface area contributed by atoms with Gasteiger partial charge in [0.05, 0.1) is 17.4 Å². The molecule has 1 atom stereocenters. The van der Waals surface area contributed by atoms with Crippen LogP contribution in [-0.4, -0.2) is 57.1 Å². The van der Waals surface area contributed by atoms with Gasteiger partial charge in [-0.05, 0) is 32.1 Å². The summed E-state index contributed by atoms with van der Waals surface area (Å²) in [7, 11) is 3.40. The molecule has 0 aromatic carbocycles. The summed E-state index contributed by atoms with van der Waals surface area (Å²) in [6, 6.07) is -1.41. The molecule has 0 saturated heterocycles. The van der Waals surface area contributed by atoms with Crippen molar-refractivity contribution in [3.8, 4) is 0 Å². The first kappa shape index (κ1) is 19.7. The number of carbonyl (C=O) groups is 3. The summed E-state index contributed by atoms with van der Waals surface area (Å²) in [5.41, 5.74) is 6.65. The molecular formula is C16H26N6O4. The van der Waals surface area contributed by atoms with E-state index < -0.39 is 23.4 Å². The van der Waals surface area contributed by atoms with Crippen molar-refractivity contribution < 1.29 is 19.6 Å². The Hall–Kier alpha value is -2.62. The number of urea groups is 1. The van der Waals surface area contributed by atoms with Crippen molar-refractivity contribution in [1.82, 2.24) is 25.2 Å². The standard InChI is InChI=1S/C16H26N6O4/c1-21-9-12(19-10-21)16(6-7-16)14(24)22(2)11(13(23)20-26)5-3-4-8-18-15(17)25/h9-11,26H,3-8H2,1-2H3,(H,20,23)(H3,17,18,25)/t11-/m1/s1. The first-order chi connectivity index (χ1) is 12.3. The number of hydroxylamine groups is 1. The Bertz CT molecular complexity index is 669. The second kappa shape index (κ2) is 8.17. The Morgan fingerprint density at radius 1 is 1.42 bits per heavy atom. The number of imidazole rings is 1. The summed E-state index contributed by atoms with van der Waals surface area (Å²) in [4.78, 5) is 41.4. The summed E-state index contributed by atoms with van der Waals surface area (Å²) >= 11 is 0. The minimum absolute atomic E-state index is 0.180. The largest absolute Gasteiger partial charge is 0.352 e. The molecule has 1 aliphatic rings. The first-order valence-corrected chi connectivity index (χ1v) is 8.55. The van der Waals surface area contributed by atoms with Crippen molar-refractivity contribution in [2.45, 2.75) is 43.6 Å². The van der Waals surface area contributed by atoms with Crippen molar-refractivity contribution in [3.63, 3.8) is 0 Å². The molecule has 0 bridgehead atoms. The van der Waals surface area contributed by atoms with Gasteiger partial charge in [0.15, 0.2) is 0 Å². The molecule has 1 aromatic rings. The number of aromatic nitrogens is 2. The third-order valence-corrected chi connectivity index (χ3v) is 4.76. The lowest BCUT2D eigenvalue weighted by molar-refractivity contribution is -0.145. The number of hydrogen-bond donors (Lipinski definition) is 4. The van der Waals surface area contributed by atoms with Crippen LogP contribution in [0.15, 0.2) is 12.5 Å². The van der Waals surface area contributed by atoms with Gasteiger partial charge in [0, 0.05) is 26.8 Å². The second-order valence-corrected chi connectivity index (χ2v) is 6.70. The minimum Gasteiger partial charge on any atom is -0.352 e. The third kappa shape index (κ3) is 4.31. The highest BCUT2D eigenvalue weighted by Crippen LogP contribution is 2.49. The van der Waals surface area contributed by atoms with Gasteiger partial charge in [-0.2, -0.15) is 0 Å². The molecule has 1 fully saturated rings. The first-order valence-electron chi connectivity index (χ1n) is 8.55. The molecule has 26 heavy (non-hydrogen) atoms.